The standard InChI is InChI=1S/C55H85N9O8/c1-10-33(6)23-47(66)44(25-40-31-61-43-18-14-13-17-41(40)43)62-53(71)39(24-37-19-21-59-30-37)27-49(68)51(35(8)12-3)64-54(72)42(34(7)11-2)28-48(67)45(29-50(56)69)63-52(70)38(16-15-20-60-55(57)58)26-46(65)36(9)22-32(4)5/h13-14,17-18,21,30-36,38-39,42,44-45,51,61H,10-12,15-16,19-20,22-29H2,1-9H3,(H2,56,69)(H,62,71)(H,63,70)(H,64,72)(H4,57,58,60)/t33-,34+,35+,36+,38-,39-,42+,44+,45+,51+/m0/s1. The number of fused-ring (bicyclic) bond motifs is 1. The fourth-order valence-corrected chi connectivity index (χ4v) is 9.27. The minimum Gasteiger partial charge on any atom is -0.370 e. The second-order valence-electron chi connectivity index (χ2n) is 20.8. The predicted molar refractivity (Wildman–Crippen MR) is 283 cm³/mol. The van der Waals surface area contributed by atoms with E-state index in [0.717, 1.165) is 28.5 Å². The van der Waals surface area contributed by atoms with Crippen LogP contribution in [0.5, 0.6) is 0 Å². The van der Waals surface area contributed by atoms with E-state index in [0.29, 0.717) is 32.1 Å². The van der Waals surface area contributed by atoms with E-state index in [9.17, 15) is 38.4 Å². The van der Waals surface area contributed by atoms with E-state index >= 15 is 0 Å². The van der Waals surface area contributed by atoms with E-state index in [1.54, 1.807) is 12.4 Å². The van der Waals surface area contributed by atoms with E-state index in [2.05, 4.69) is 30.9 Å². The number of carbonyl (C=O) groups is 8. The highest BCUT2D eigenvalue weighted by Crippen LogP contribution is 2.28. The van der Waals surface area contributed by atoms with Crippen molar-refractivity contribution in [2.75, 3.05) is 6.54 Å². The lowest BCUT2D eigenvalue weighted by Gasteiger charge is -2.30. The van der Waals surface area contributed by atoms with Gasteiger partial charge in [0.15, 0.2) is 23.3 Å². The molecule has 0 unspecified atom stereocenters. The third-order valence-corrected chi connectivity index (χ3v) is 14.3. The minimum absolute atomic E-state index is 0.0940. The first-order valence-corrected chi connectivity index (χ1v) is 26.2. The molecule has 1 aromatic carbocycles. The van der Waals surface area contributed by atoms with Gasteiger partial charge in [-0.15, -0.1) is 0 Å². The number of amides is 4. The van der Waals surface area contributed by atoms with E-state index in [1.165, 1.54) is 0 Å². The highest BCUT2D eigenvalue weighted by molar-refractivity contribution is 5.98. The Labute approximate surface area is 427 Å². The number of para-hydroxylation sites is 1. The van der Waals surface area contributed by atoms with Crippen LogP contribution in [-0.4, -0.2) is 88.6 Å². The smallest absolute Gasteiger partial charge is 0.224 e. The van der Waals surface area contributed by atoms with Crippen LogP contribution >= 0.6 is 0 Å². The van der Waals surface area contributed by atoms with Crippen LogP contribution in [0.25, 0.3) is 10.9 Å². The summed E-state index contributed by atoms with van der Waals surface area (Å²) in [5, 5.41) is 9.66. The van der Waals surface area contributed by atoms with E-state index in [-0.39, 0.29) is 104 Å². The second-order valence-corrected chi connectivity index (χ2v) is 20.8. The Hall–Kier alpha value is -6.00. The summed E-state index contributed by atoms with van der Waals surface area (Å²) in [5.74, 6) is -7.28. The number of ketones is 4. The maximum atomic E-state index is 14.6. The first-order chi connectivity index (χ1) is 34.1. The summed E-state index contributed by atoms with van der Waals surface area (Å²) in [4.78, 5) is 123. The number of aromatic nitrogens is 1. The Balaban J connectivity index is 1.90. The van der Waals surface area contributed by atoms with Crippen molar-refractivity contribution in [3.8, 4) is 0 Å². The summed E-state index contributed by atoms with van der Waals surface area (Å²) >= 11 is 0. The van der Waals surface area contributed by atoms with Gasteiger partial charge in [-0.1, -0.05) is 99.8 Å². The highest BCUT2D eigenvalue weighted by Gasteiger charge is 2.38. The van der Waals surface area contributed by atoms with Crippen molar-refractivity contribution in [2.24, 2.45) is 74.5 Å². The number of primary amides is 1. The van der Waals surface area contributed by atoms with Crippen LogP contribution in [0.4, 0.5) is 0 Å². The number of nitrogens with zero attached hydrogens (tertiary/aromatic N) is 2. The number of benzene rings is 1. The fraction of sp³-hybridized carbons (Fsp3) is 0.636. The fourth-order valence-electron chi connectivity index (χ4n) is 9.27. The van der Waals surface area contributed by atoms with Crippen molar-refractivity contribution < 1.29 is 38.4 Å². The first kappa shape index (κ1) is 60.3. The molecule has 72 heavy (non-hydrogen) atoms. The molecule has 17 nitrogen and oxygen atoms in total. The zero-order chi connectivity index (χ0) is 53.7. The zero-order valence-electron chi connectivity index (χ0n) is 44.4. The summed E-state index contributed by atoms with van der Waals surface area (Å²) in [6, 6.07) is 4.46. The number of hydrogen-bond acceptors (Lipinski definition) is 10. The molecule has 10 atom stereocenters. The lowest BCUT2D eigenvalue weighted by Crippen LogP contribution is -2.51. The molecule has 17 heteroatoms. The van der Waals surface area contributed by atoms with Crippen LogP contribution in [0, 0.1) is 47.3 Å². The van der Waals surface area contributed by atoms with Gasteiger partial charge in [-0.2, -0.15) is 0 Å². The van der Waals surface area contributed by atoms with Crippen LogP contribution in [-0.2, 0) is 44.8 Å². The number of guanidine groups is 1. The molecule has 0 radical (unpaired) electrons. The number of carbonyl (C=O) groups excluding carboxylic acids is 8. The molecule has 1 aliphatic heterocycles. The monoisotopic (exact) mass is 1000 g/mol. The van der Waals surface area contributed by atoms with Gasteiger partial charge in [0.25, 0.3) is 0 Å². The Morgan fingerprint density at radius 3 is 1.94 bits per heavy atom. The number of nitrogens with two attached hydrogens (primary N) is 3. The zero-order valence-corrected chi connectivity index (χ0v) is 44.4. The van der Waals surface area contributed by atoms with Gasteiger partial charge in [0.2, 0.25) is 23.6 Å². The minimum atomic E-state index is -1.39. The average molecular weight is 1000 g/mol. The van der Waals surface area contributed by atoms with E-state index < -0.39 is 71.7 Å². The van der Waals surface area contributed by atoms with Gasteiger partial charge >= 0.3 is 0 Å². The summed E-state index contributed by atoms with van der Waals surface area (Å²) < 4.78 is 0. The maximum absolute atomic E-state index is 14.6. The molecule has 1 aromatic heterocycles. The molecule has 0 bridgehead atoms. The van der Waals surface area contributed by atoms with Crippen LogP contribution in [0.15, 0.2) is 52.2 Å². The van der Waals surface area contributed by atoms with Gasteiger partial charge < -0.3 is 38.1 Å². The third kappa shape index (κ3) is 19.5. The summed E-state index contributed by atoms with van der Waals surface area (Å²) in [5.41, 5.74) is 19.3. The molecule has 0 spiro atoms. The van der Waals surface area contributed by atoms with Gasteiger partial charge in [0.05, 0.1) is 24.5 Å². The van der Waals surface area contributed by atoms with Crippen molar-refractivity contribution in [1.82, 2.24) is 20.9 Å². The lowest BCUT2D eigenvalue weighted by atomic mass is 9.83. The van der Waals surface area contributed by atoms with Crippen molar-refractivity contribution in [3.05, 3.63) is 47.8 Å². The van der Waals surface area contributed by atoms with Crippen molar-refractivity contribution >= 4 is 69.8 Å². The maximum Gasteiger partial charge on any atom is 0.224 e. The number of H-pyrrole nitrogens is 1. The summed E-state index contributed by atoms with van der Waals surface area (Å²) in [6.07, 6.45) is 8.20. The molecular formula is C55H85N9O8. The Bertz CT molecular complexity index is 2260. The summed E-state index contributed by atoms with van der Waals surface area (Å²) in [6.45, 7) is 17.4. The van der Waals surface area contributed by atoms with Gasteiger partial charge in [-0.25, -0.2) is 0 Å². The molecule has 0 aliphatic carbocycles. The van der Waals surface area contributed by atoms with Crippen molar-refractivity contribution in [2.45, 2.75) is 170 Å². The normalized spacial score (nSPS) is 16.5. The van der Waals surface area contributed by atoms with E-state index in [4.69, 9.17) is 17.2 Å². The Morgan fingerprint density at radius 2 is 1.33 bits per heavy atom. The van der Waals surface area contributed by atoms with E-state index in [1.807, 2.05) is 92.8 Å². The molecule has 398 valence electrons. The molecule has 3 rings (SSSR count). The predicted octanol–water partition coefficient (Wildman–Crippen LogP) is 6.35. The molecule has 4 amide bonds. The van der Waals surface area contributed by atoms with Gasteiger partial charge in [0.1, 0.15) is 5.78 Å². The molecule has 0 fully saturated rings. The molecule has 0 saturated heterocycles. The molecule has 1 aliphatic rings. The number of aromatic amines is 1. The number of rotatable bonds is 35. The molecule has 10 N–H and O–H groups in total. The third-order valence-electron chi connectivity index (χ3n) is 14.3. The SMILES string of the molecule is CC[C@H](C)CC(=O)[C@@H](Cc1c[nH]c2ccccc12)NC(=O)[C@H](CC(=O)[C@H](NC(=O)[C@H](CC(=O)[C@@H](CC(N)=O)NC(=O)[C@@H](CCCN=C(N)N)CC(=O)[C@H](C)CC(C)C)[C@H](C)CC)[C@H](C)CC)CC1=CN=CC1. The van der Waals surface area contributed by atoms with Crippen LogP contribution in [0.2, 0.25) is 0 Å². The van der Waals surface area contributed by atoms with Crippen LogP contribution in [0.1, 0.15) is 151 Å². The molecule has 2 heterocycles. The van der Waals surface area contributed by atoms with Gasteiger partial charge in [0, 0.05) is 98.3 Å². The largest absolute Gasteiger partial charge is 0.370 e. The van der Waals surface area contributed by atoms with Crippen molar-refractivity contribution in [1.29, 1.82) is 0 Å². The molecule has 2 aromatic rings. The highest BCUT2D eigenvalue weighted by atomic mass is 16.2. The second kappa shape index (κ2) is 30.1. The number of allylic oxidation sites excluding steroid dienone is 1. The topological polar surface area (TPSA) is 291 Å². The quantitative estimate of drug-likeness (QED) is 0.0228. The Morgan fingerprint density at radius 1 is 0.694 bits per heavy atom. The number of aliphatic imine (C=N–C) groups is 2. The molecular weight excluding hydrogens is 915 g/mol. The lowest BCUT2D eigenvalue weighted by molar-refractivity contribution is -0.137. The average Bonchev–Trinajstić information content (AvgIpc) is 4.01. The van der Waals surface area contributed by atoms with Gasteiger partial charge in [-0.3, -0.25) is 48.3 Å². The van der Waals surface area contributed by atoms with Crippen LogP contribution in [0.3, 0.4) is 0 Å². The number of hydrogen-bond donors (Lipinski definition) is 7. The number of Topliss-reactive ketones (excluding diaryl/α,β-unsaturated/α-hetero) is 4. The van der Waals surface area contributed by atoms with Gasteiger partial charge in [-0.05, 0) is 66.6 Å². The van der Waals surface area contributed by atoms with Crippen molar-refractivity contribution in [3.63, 3.8) is 0 Å². The number of nitrogens with one attached hydrogen (secondary N) is 4. The van der Waals surface area contributed by atoms with Crippen LogP contribution < -0.4 is 33.2 Å². The molecule has 0 saturated carbocycles. The first-order valence-electron chi connectivity index (χ1n) is 26.2. The Kier molecular flexibility index (Phi) is 25.2. The summed E-state index contributed by atoms with van der Waals surface area (Å²) in [7, 11) is 0.